The maximum Gasteiger partial charge on any atom is 0.191 e. The number of methoxy groups -OCH3 is 1. The zero-order valence-electron chi connectivity index (χ0n) is 12.4. The smallest absolute Gasteiger partial charge is 0.191 e. The molecule has 2 rings (SSSR count). The van der Waals surface area contributed by atoms with Gasteiger partial charge in [-0.3, -0.25) is 4.99 Å². The lowest BCUT2D eigenvalue weighted by atomic mass is 10.1. The van der Waals surface area contributed by atoms with E-state index in [0.29, 0.717) is 0 Å². The summed E-state index contributed by atoms with van der Waals surface area (Å²) in [5.41, 5.74) is 2.52. The molecule has 1 aromatic carbocycles. The molecule has 0 saturated carbocycles. The van der Waals surface area contributed by atoms with Crippen molar-refractivity contribution in [1.29, 1.82) is 0 Å². The monoisotopic (exact) mass is 303 g/mol. The van der Waals surface area contributed by atoms with Gasteiger partial charge in [0.2, 0.25) is 0 Å². The molecule has 5 heteroatoms. The van der Waals surface area contributed by atoms with Gasteiger partial charge in [0.25, 0.3) is 0 Å². The number of nitrogens with one attached hydrogen (secondary N) is 2. The molecule has 2 aromatic rings. The molecule has 21 heavy (non-hydrogen) atoms. The number of benzene rings is 1. The number of rotatable bonds is 6. The number of hydrogen-bond acceptors (Lipinski definition) is 3. The molecule has 0 spiro atoms. The van der Waals surface area contributed by atoms with Gasteiger partial charge in [0, 0.05) is 20.1 Å². The number of ether oxygens (including phenoxy) is 1. The van der Waals surface area contributed by atoms with E-state index in [-0.39, 0.29) is 0 Å². The van der Waals surface area contributed by atoms with E-state index in [1.807, 2.05) is 12.1 Å². The highest BCUT2D eigenvalue weighted by Crippen LogP contribution is 2.12. The molecule has 112 valence electrons. The minimum atomic E-state index is 0.794. The molecular weight excluding hydrogens is 282 g/mol. The van der Waals surface area contributed by atoms with Crippen molar-refractivity contribution in [2.75, 3.05) is 20.7 Å². The Labute approximate surface area is 129 Å². The van der Waals surface area contributed by atoms with Gasteiger partial charge in [0.1, 0.15) is 5.75 Å². The summed E-state index contributed by atoms with van der Waals surface area (Å²) in [4.78, 5) is 4.23. The summed E-state index contributed by atoms with van der Waals surface area (Å²) in [5, 5.41) is 10.8. The van der Waals surface area contributed by atoms with Crippen LogP contribution >= 0.6 is 11.3 Å². The van der Waals surface area contributed by atoms with Crippen molar-refractivity contribution in [2.24, 2.45) is 4.99 Å². The fraction of sp³-hybridized carbons (Fsp3) is 0.312. The van der Waals surface area contributed by atoms with Gasteiger partial charge in [-0.1, -0.05) is 12.1 Å². The van der Waals surface area contributed by atoms with Crippen molar-refractivity contribution in [1.82, 2.24) is 10.6 Å². The van der Waals surface area contributed by atoms with Gasteiger partial charge < -0.3 is 15.4 Å². The zero-order chi connectivity index (χ0) is 14.9. The van der Waals surface area contributed by atoms with Crippen molar-refractivity contribution in [3.63, 3.8) is 0 Å². The SMILES string of the molecule is CN=C(NCCc1cccc(OC)c1)NCc1ccsc1. The Morgan fingerprint density at radius 1 is 1.24 bits per heavy atom. The Kier molecular flexibility index (Phi) is 6.09. The largest absolute Gasteiger partial charge is 0.497 e. The molecular formula is C16H21N3OS. The Balaban J connectivity index is 1.75. The van der Waals surface area contributed by atoms with E-state index >= 15 is 0 Å². The topological polar surface area (TPSA) is 45.7 Å². The second-order valence-electron chi connectivity index (χ2n) is 4.59. The van der Waals surface area contributed by atoms with E-state index in [2.05, 4.69) is 44.6 Å². The van der Waals surface area contributed by atoms with Crippen molar-refractivity contribution in [3.05, 3.63) is 52.2 Å². The van der Waals surface area contributed by atoms with Crippen molar-refractivity contribution < 1.29 is 4.74 Å². The third kappa shape index (κ3) is 5.11. The summed E-state index contributed by atoms with van der Waals surface area (Å²) >= 11 is 1.71. The predicted molar refractivity (Wildman–Crippen MR) is 89.2 cm³/mol. The molecule has 4 nitrogen and oxygen atoms in total. The molecule has 0 aliphatic heterocycles. The third-order valence-electron chi connectivity index (χ3n) is 3.10. The molecule has 0 radical (unpaired) electrons. The van der Waals surface area contributed by atoms with Gasteiger partial charge in [0.15, 0.2) is 5.96 Å². The maximum atomic E-state index is 5.23. The Morgan fingerprint density at radius 2 is 2.14 bits per heavy atom. The molecule has 0 fully saturated rings. The molecule has 0 aliphatic rings. The van der Waals surface area contributed by atoms with Crippen LogP contribution in [-0.4, -0.2) is 26.7 Å². The fourth-order valence-corrected chi connectivity index (χ4v) is 2.62. The molecule has 0 aliphatic carbocycles. The van der Waals surface area contributed by atoms with Crippen LogP contribution in [0.3, 0.4) is 0 Å². The third-order valence-corrected chi connectivity index (χ3v) is 3.84. The Hall–Kier alpha value is -2.01. The number of thiophene rings is 1. The standard InChI is InChI=1S/C16H21N3OS/c1-17-16(19-11-14-7-9-21-12-14)18-8-6-13-4-3-5-15(10-13)20-2/h3-5,7,9-10,12H,6,8,11H2,1-2H3,(H2,17,18,19). The average molecular weight is 303 g/mol. The Morgan fingerprint density at radius 3 is 2.86 bits per heavy atom. The summed E-state index contributed by atoms with van der Waals surface area (Å²) < 4.78 is 5.23. The van der Waals surface area contributed by atoms with Crippen LogP contribution in [-0.2, 0) is 13.0 Å². The molecule has 0 bridgehead atoms. The Bertz CT molecular complexity index is 567. The molecule has 0 atom stereocenters. The van der Waals surface area contributed by atoms with E-state index < -0.39 is 0 Å². The van der Waals surface area contributed by atoms with Crippen LogP contribution in [0.5, 0.6) is 5.75 Å². The summed E-state index contributed by atoms with van der Waals surface area (Å²) in [7, 11) is 3.47. The van der Waals surface area contributed by atoms with Gasteiger partial charge in [0.05, 0.1) is 7.11 Å². The number of nitrogens with zero attached hydrogens (tertiary/aromatic N) is 1. The van der Waals surface area contributed by atoms with E-state index in [1.165, 1.54) is 11.1 Å². The summed E-state index contributed by atoms with van der Waals surface area (Å²) in [5.74, 6) is 1.72. The zero-order valence-corrected chi connectivity index (χ0v) is 13.2. The first-order valence-corrected chi connectivity index (χ1v) is 7.84. The highest BCUT2D eigenvalue weighted by molar-refractivity contribution is 7.07. The lowest BCUT2D eigenvalue weighted by Crippen LogP contribution is -2.37. The minimum absolute atomic E-state index is 0.794. The first kappa shape index (κ1) is 15.4. The first-order chi connectivity index (χ1) is 10.3. The quantitative estimate of drug-likeness (QED) is 0.637. The van der Waals surface area contributed by atoms with Crippen LogP contribution in [0.4, 0.5) is 0 Å². The molecule has 2 N–H and O–H groups in total. The lowest BCUT2D eigenvalue weighted by Gasteiger charge is -2.11. The van der Waals surface area contributed by atoms with Crippen LogP contribution in [0.25, 0.3) is 0 Å². The normalized spacial score (nSPS) is 11.2. The fourth-order valence-electron chi connectivity index (χ4n) is 1.95. The van der Waals surface area contributed by atoms with Crippen LogP contribution in [0.15, 0.2) is 46.1 Å². The van der Waals surface area contributed by atoms with Crippen molar-refractivity contribution >= 4 is 17.3 Å². The molecule has 0 unspecified atom stereocenters. The van der Waals surface area contributed by atoms with E-state index in [1.54, 1.807) is 25.5 Å². The summed E-state index contributed by atoms with van der Waals surface area (Å²) in [6, 6.07) is 10.2. The molecule has 0 amide bonds. The summed E-state index contributed by atoms with van der Waals surface area (Å²) in [6.07, 6.45) is 0.927. The molecule has 0 saturated heterocycles. The molecule has 1 aromatic heterocycles. The first-order valence-electron chi connectivity index (χ1n) is 6.90. The summed E-state index contributed by atoms with van der Waals surface area (Å²) in [6.45, 7) is 1.62. The van der Waals surface area contributed by atoms with Crippen LogP contribution in [0.1, 0.15) is 11.1 Å². The number of aliphatic imine (C=N–C) groups is 1. The number of hydrogen-bond donors (Lipinski definition) is 2. The van der Waals surface area contributed by atoms with Crippen LogP contribution in [0.2, 0.25) is 0 Å². The predicted octanol–water partition coefficient (Wildman–Crippen LogP) is 2.66. The van der Waals surface area contributed by atoms with Gasteiger partial charge in [-0.25, -0.2) is 0 Å². The van der Waals surface area contributed by atoms with Gasteiger partial charge in [-0.15, -0.1) is 0 Å². The van der Waals surface area contributed by atoms with Gasteiger partial charge >= 0.3 is 0 Å². The minimum Gasteiger partial charge on any atom is -0.497 e. The van der Waals surface area contributed by atoms with E-state index in [9.17, 15) is 0 Å². The van der Waals surface area contributed by atoms with Crippen LogP contribution < -0.4 is 15.4 Å². The maximum absolute atomic E-state index is 5.23. The van der Waals surface area contributed by atoms with Crippen molar-refractivity contribution in [3.8, 4) is 5.75 Å². The average Bonchev–Trinajstić information content (AvgIpc) is 3.04. The lowest BCUT2D eigenvalue weighted by molar-refractivity contribution is 0.414. The van der Waals surface area contributed by atoms with Gasteiger partial charge in [-0.2, -0.15) is 11.3 Å². The second kappa shape index (κ2) is 8.32. The van der Waals surface area contributed by atoms with Gasteiger partial charge in [-0.05, 0) is 46.5 Å². The van der Waals surface area contributed by atoms with Crippen LogP contribution in [0, 0.1) is 0 Å². The highest BCUT2D eigenvalue weighted by atomic mass is 32.1. The van der Waals surface area contributed by atoms with E-state index in [0.717, 1.165) is 31.2 Å². The van der Waals surface area contributed by atoms with E-state index in [4.69, 9.17) is 4.74 Å². The number of guanidine groups is 1. The van der Waals surface area contributed by atoms with Crippen molar-refractivity contribution in [2.45, 2.75) is 13.0 Å². The second-order valence-corrected chi connectivity index (χ2v) is 5.37. The highest BCUT2D eigenvalue weighted by Gasteiger charge is 2.00. The molecule has 1 heterocycles.